The molecule has 29 heavy (non-hydrogen) atoms. The predicted molar refractivity (Wildman–Crippen MR) is 136 cm³/mol. The fourth-order valence-electron chi connectivity index (χ4n) is 4.08. The summed E-state index contributed by atoms with van der Waals surface area (Å²) in [5.41, 5.74) is 4.82. The third-order valence-electron chi connectivity index (χ3n) is 6.50. The fourth-order valence-corrected chi connectivity index (χ4v) is 17.0. The van der Waals surface area contributed by atoms with Crippen LogP contribution in [0.5, 0.6) is 0 Å². The first-order valence-corrected chi connectivity index (χ1v) is 17.5. The molecule has 3 rings (SSSR count). The molecule has 0 aliphatic heterocycles. The molecule has 0 fully saturated rings. The second-order valence-electron chi connectivity index (χ2n) is 8.74. The molecular weight excluding hydrogens is 466 g/mol. The van der Waals surface area contributed by atoms with Gasteiger partial charge < -0.3 is 0 Å². The summed E-state index contributed by atoms with van der Waals surface area (Å²) in [5, 5.41) is 3.39. The van der Waals surface area contributed by atoms with E-state index in [-0.39, 0.29) is 49.4 Å². The number of halogens is 2. The molecule has 2 aromatic carbocycles. The van der Waals surface area contributed by atoms with Crippen molar-refractivity contribution < 1.29 is 18.6 Å². The molecule has 0 nitrogen and oxygen atoms in total. The quantitative estimate of drug-likeness (QED) is 0.292. The normalized spacial score (nSPS) is 19.2. The van der Waals surface area contributed by atoms with Gasteiger partial charge in [0.05, 0.1) is 0 Å². The van der Waals surface area contributed by atoms with Crippen LogP contribution in [0.3, 0.4) is 0 Å². The summed E-state index contributed by atoms with van der Waals surface area (Å²) in [7, 11) is -1.40. The van der Waals surface area contributed by atoms with Crippen molar-refractivity contribution in [2.75, 3.05) is 0 Å². The van der Waals surface area contributed by atoms with Crippen molar-refractivity contribution in [3.05, 3.63) is 81.3 Å². The maximum atomic E-state index is 2.57. The van der Waals surface area contributed by atoms with E-state index in [9.17, 15) is 0 Å². The van der Waals surface area contributed by atoms with Crippen LogP contribution in [0.1, 0.15) is 27.7 Å². The maximum Gasteiger partial charge on any atom is -0.147 e. The van der Waals surface area contributed by atoms with Gasteiger partial charge in [-0.15, -0.1) is 24.8 Å². The molecule has 0 amide bonds. The Morgan fingerprint density at radius 1 is 0.724 bits per heavy atom. The molecule has 1 aliphatic carbocycles. The van der Waals surface area contributed by atoms with Crippen molar-refractivity contribution >= 4 is 49.4 Å². The summed E-state index contributed by atoms with van der Waals surface area (Å²) in [5.74, 6) is -0.270. The van der Waals surface area contributed by atoms with Crippen molar-refractivity contribution in [3.8, 4) is 0 Å². The summed E-state index contributed by atoms with van der Waals surface area (Å²) < 4.78 is 1.83. The van der Waals surface area contributed by atoms with Crippen molar-refractivity contribution in [2.24, 2.45) is 0 Å². The average molecular weight is 499 g/mol. The Morgan fingerprint density at radius 2 is 1.14 bits per heavy atom. The fraction of sp³-hybridized carbons (Fsp3) is 0.333. The SMILES string of the molecule is CC1=C(C)C(C)([Si](C)(C)C)[C]([Ti][P](c2ccccc2)c2ccccc2)=C1C.Cl.Cl. The first kappa shape index (κ1) is 26.9. The third kappa shape index (κ3) is 5.03. The molecule has 0 saturated carbocycles. The van der Waals surface area contributed by atoms with Crippen LogP contribution in [0.4, 0.5) is 0 Å². The molecule has 1 atom stereocenters. The van der Waals surface area contributed by atoms with Crippen LogP contribution >= 0.6 is 30.7 Å². The van der Waals surface area contributed by atoms with Gasteiger partial charge in [-0.1, -0.05) is 0 Å². The number of benzene rings is 2. The molecule has 2 aromatic rings. The molecule has 0 spiro atoms. The van der Waals surface area contributed by atoms with E-state index in [4.69, 9.17) is 0 Å². The molecule has 0 N–H and O–H groups in total. The molecular formula is C24H33Cl2PSiTi. The van der Waals surface area contributed by atoms with E-state index in [1.807, 2.05) is 3.88 Å². The van der Waals surface area contributed by atoms with E-state index in [1.54, 1.807) is 27.3 Å². The van der Waals surface area contributed by atoms with Crippen LogP contribution in [0.2, 0.25) is 24.7 Å². The van der Waals surface area contributed by atoms with Gasteiger partial charge in [-0.3, -0.25) is 0 Å². The Bertz CT molecular complexity index is 849. The van der Waals surface area contributed by atoms with Crippen LogP contribution in [-0.2, 0) is 18.6 Å². The molecule has 1 aliphatic rings. The van der Waals surface area contributed by atoms with Gasteiger partial charge in [0.25, 0.3) is 0 Å². The van der Waals surface area contributed by atoms with Crippen LogP contribution in [0.15, 0.2) is 81.3 Å². The third-order valence-corrected chi connectivity index (χ3v) is 18.5. The second-order valence-corrected chi connectivity index (χ2v) is 20.1. The first-order chi connectivity index (χ1) is 12.7. The predicted octanol–water partition coefficient (Wildman–Crippen LogP) is 7.68. The number of allylic oxidation sites excluding steroid dienone is 4. The van der Waals surface area contributed by atoms with E-state index < -0.39 is 8.07 Å². The summed E-state index contributed by atoms with van der Waals surface area (Å²) >= 11 is -0.290. The summed E-state index contributed by atoms with van der Waals surface area (Å²) in [6, 6.07) is 22.5. The van der Waals surface area contributed by atoms with Crippen LogP contribution < -0.4 is 10.6 Å². The minimum absolute atomic E-state index is 0. The Labute approximate surface area is 200 Å². The Balaban J connectivity index is 0.00000210. The molecule has 0 saturated heterocycles. The monoisotopic (exact) mass is 498 g/mol. The van der Waals surface area contributed by atoms with Gasteiger partial charge in [0, 0.05) is 0 Å². The molecule has 1 unspecified atom stereocenters. The van der Waals surface area contributed by atoms with Gasteiger partial charge in [-0.05, 0) is 0 Å². The molecule has 0 heterocycles. The van der Waals surface area contributed by atoms with Crippen LogP contribution in [0.25, 0.3) is 0 Å². The van der Waals surface area contributed by atoms with Gasteiger partial charge in [-0.25, -0.2) is 0 Å². The molecule has 156 valence electrons. The van der Waals surface area contributed by atoms with Crippen molar-refractivity contribution in [1.29, 1.82) is 0 Å². The standard InChI is InChI=1S/C12H10P.C12H21Si.2ClH.Ti/c1-3-7-11(8-4-1)13-12-9-5-2-6-10-12;1-9-8-12(4,13(5,6)7)11(3)10(9)2;;;/h1-10H;1-7H3;2*1H;/q-1;;;;+1. The van der Waals surface area contributed by atoms with Crippen molar-refractivity contribution in [2.45, 2.75) is 52.4 Å². The zero-order valence-electron chi connectivity index (χ0n) is 18.5. The van der Waals surface area contributed by atoms with Crippen LogP contribution in [0, 0.1) is 0 Å². The number of rotatable bonds is 5. The second kappa shape index (κ2) is 10.4. The van der Waals surface area contributed by atoms with Crippen molar-refractivity contribution in [3.63, 3.8) is 0 Å². The Hall–Kier alpha value is -0.139. The number of hydrogen-bond acceptors (Lipinski definition) is 0. The minimum atomic E-state index is -1.40. The zero-order valence-corrected chi connectivity index (χ0v) is 23.6. The minimum Gasteiger partial charge on any atom is -0.147 e. The Kier molecular flexibility index (Phi) is 9.69. The zero-order chi connectivity index (χ0) is 19.8. The topological polar surface area (TPSA) is 0 Å². The van der Waals surface area contributed by atoms with E-state index in [0.717, 1.165) is 0 Å². The first-order valence-electron chi connectivity index (χ1n) is 9.74. The van der Waals surface area contributed by atoms with Gasteiger partial charge in [-0.2, -0.15) is 0 Å². The van der Waals surface area contributed by atoms with Gasteiger partial charge >= 0.3 is 177 Å². The maximum absolute atomic E-state index is 2.57. The largest absolute Gasteiger partial charge is 0.147 e. The van der Waals surface area contributed by atoms with Crippen molar-refractivity contribution in [1.82, 2.24) is 0 Å². The van der Waals surface area contributed by atoms with E-state index in [1.165, 1.54) is 0 Å². The van der Waals surface area contributed by atoms with Gasteiger partial charge in [0.2, 0.25) is 0 Å². The van der Waals surface area contributed by atoms with Crippen LogP contribution in [-0.4, -0.2) is 8.07 Å². The van der Waals surface area contributed by atoms with E-state index in [0.29, 0.717) is 5.04 Å². The number of hydrogen-bond donors (Lipinski definition) is 0. The summed E-state index contributed by atoms with van der Waals surface area (Å²) in [6.07, 6.45) is 0. The van der Waals surface area contributed by atoms with Gasteiger partial charge in [0.1, 0.15) is 0 Å². The Morgan fingerprint density at radius 3 is 1.52 bits per heavy atom. The molecule has 0 radical (unpaired) electrons. The van der Waals surface area contributed by atoms with Gasteiger partial charge in [0.15, 0.2) is 0 Å². The summed E-state index contributed by atoms with van der Waals surface area (Å²) in [6.45, 7) is 17.4. The molecule has 5 heteroatoms. The average Bonchev–Trinajstić information content (AvgIpc) is 2.82. The molecule has 0 aromatic heterocycles. The van der Waals surface area contributed by atoms with E-state index >= 15 is 0 Å². The van der Waals surface area contributed by atoms with E-state index in [2.05, 4.69) is 108 Å². The molecule has 0 bridgehead atoms. The smallest absolute Gasteiger partial charge is 0.147 e. The summed E-state index contributed by atoms with van der Waals surface area (Å²) in [4.78, 5) is 0.